The van der Waals surface area contributed by atoms with Crippen molar-refractivity contribution in [3.8, 4) is 0 Å². The molecule has 1 aromatic carbocycles. The van der Waals surface area contributed by atoms with Crippen LogP contribution >= 0.6 is 11.3 Å². The first-order valence-corrected chi connectivity index (χ1v) is 13.2. The average molecular weight is 477 g/mol. The zero-order chi connectivity index (χ0) is 22.9. The van der Waals surface area contributed by atoms with E-state index in [0.29, 0.717) is 48.6 Å². The third kappa shape index (κ3) is 4.72. The fraction of sp³-hybridized carbons (Fsp3) is 0.500. The number of sulfonamides is 1. The van der Waals surface area contributed by atoms with Crippen LogP contribution in [0.1, 0.15) is 43.5 Å². The number of hydrogen-bond acceptors (Lipinski definition) is 6. The highest BCUT2D eigenvalue weighted by atomic mass is 32.2. The van der Waals surface area contributed by atoms with Crippen molar-refractivity contribution in [1.82, 2.24) is 14.2 Å². The third-order valence-electron chi connectivity index (χ3n) is 6.05. The van der Waals surface area contributed by atoms with Gasteiger partial charge in [-0.25, -0.2) is 13.4 Å². The summed E-state index contributed by atoms with van der Waals surface area (Å²) in [5.41, 5.74) is 0.373. The van der Waals surface area contributed by atoms with Crippen molar-refractivity contribution < 1.29 is 18.0 Å². The Hall–Kier alpha value is -2.30. The monoisotopic (exact) mass is 476 g/mol. The van der Waals surface area contributed by atoms with Crippen LogP contribution in [0.15, 0.2) is 40.7 Å². The lowest BCUT2D eigenvalue weighted by Crippen LogP contribution is -2.43. The Labute approximate surface area is 192 Å². The standard InChI is InChI=1S/C22H28N4O4S2/c1-15-12-16(2)14-25(13-15)32(29,30)18-7-5-17(6-8-18)21(28)26-10-3-4-19(26)20(27)24-22-23-9-11-31-22/h5-9,11,15-16,19H,3-4,10,12-14H2,1-2H3,(H,23,24,27). The van der Waals surface area contributed by atoms with Crippen molar-refractivity contribution in [3.63, 3.8) is 0 Å². The summed E-state index contributed by atoms with van der Waals surface area (Å²) in [5.74, 6) is 0.110. The first-order valence-electron chi connectivity index (χ1n) is 10.9. The van der Waals surface area contributed by atoms with Crippen LogP contribution in [0, 0.1) is 11.8 Å². The molecule has 0 radical (unpaired) electrons. The lowest BCUT2D eigenvalue weighted by atomic mass is 9.94. The maximum Gasteiger partial charge on any atom is 0.254 e. The number of nitrogens with one attached hydrogen (secondary N) is 1. The van der Waals surface area contributed by atoms with Crippen LogP contribution in [0.4, 0.5) is 5.13 Å². The number of rotatable bonds is 5. The van der Waals surface area contributed by atoms with E-state index in [2.05, 4.69) is 24.1 Å². The number of likely N-dealkylation sites (tertiary alicyclic amines) is 1. The molecule has 0 bridgehead atoms. The van der Waals surface area contributed by atoms with Gasteiger partial charge in [-0.15, -0.1) is 11.3 Å². The van der Waals surface area contributed by atoms with Crippen molar-refractivity contribution in [2.45, 2.75) is 44.0 Å². The molecule has 2 aliphatic rings. The van der Waals surface area contributed by atoms with E-state index in [4.69, 9.17) is 0 Å². The first kappa shape index (κ1) is 22.9. The van der Waals surface area contributed by atoms with Crippen LogP contribution in [-0.2, 0) is 14.8 Å². The van der Waals surface area contributed by atoms with Gasteiger partial charge in [0.05, 0.1) is 4.90 Å². The van der Waals surface area contributed by atoms with E-state index >= 15 is 0 Å². The fourth-order valence-electron chi connectivity index (χ4n) is 4.64. The van der Waals surface area contributed by atoms with E-state index < -0.39 is 16.1 Å². The Bertz CT molecular complexity index is 1060. The average Bonchev–Trinajstić information content (AvgIpc) is 3.44. The molecule has 4 rings (SSSR count). The van der Waals surface area contributed by atoms with Gasteiger partial charge in [-0.3, -0.25) is 9.59 Å². The second-order valence-electron chi connectivity index (χ2n) is 8.78. The van der Waals surface area contributed by atoms with Crippen molar-refractivity contribution in [3.05, 3.63) is 41.4 Å². The van der Waals surface area contributed by atoms with Crippen molar-refractivity contribution in [1.29, 1.82) is 0 Å². The molecule has 8 nitrogen and oxygen atoms in total. The molecule has 3 unspecified atom stereocenters. The lowest BCUT2D eigenvalue weighted by Gasteiger charge is -2.34. The number of anilines is 1. The SMILES string of the molecule is CC1CC(C)CN(S(=O)(=O)c2ccc(C(=O)N3CCCC3C(=O)Nc3nccs3)cc2)C1. The lowest BCUT2D eigenvalue weighted by molar-refractivity contribution is -0.119. The summed E-state index contributed by atoms with van der Waals surface area (Å²) in [6.07, 6.45) is 3.95. The van der Waals surface area contributed by atoms with Crippen LogP contribution in [-0.4, -0.2) is 60.1 Å². The van der Waals surface area contributed by atoms with Gasteiger partial charge in [0.2, 0.25) is 15.9 Å². The first-order chi connectivity index (χ1) is 15.3. The number of carbonyl (C=O) groups is 2. The molecule has 1 aromatic heterocycles. The molecular weight excluding hydrogens is 448 g/mol. The largest absolute Gasteiger partial charge is 0.327 e. The minimum Gasteiger partial charge on any atom is -0.327 e. The van der Waals surface area contributed by atoms with Gasteiger partial charge >= 0.3 is 0 Å². The summed E-state index contributed by atoms with van der Waals surface area (Å²) in [7, 11) is -3.60. The zero-order valence-electron chi connectivity index (χ0n) is 18.2. The number of aromatic nitrogens is 1. The molecule has 10 heteroatoms. The summed E-state index contributed by atoms with van der Waals surface area (Å²) in [6.45, 7) is 5.64. The molecule has 0 aliphatic carbocycles. The van der Waals surface area contributed by atoms with Crippen molar-refractivity contribution in [2.75, 3.05) is 25.0 Å². The maximum absolute atomic E-state index is 13.1. The quantitative estimate of drug-likeness (QED) is 0.715. The van der Waals surface area contributed by atoms with Gasteiger partial charge in [0.15, 0.2) is 5.13 Å². The summed E-state index contributed by atoms with van der Waals surface area (Å²) in [4.78, 5) is 31.5. The van der Waals surface area contributed by atoms with E-state index in [1.165, 1.54) is 23.5 Å². The molecule has 2 aliphatic heterocycles. The Morgan fingerprint density at radius 2 is 1.81 bits per heavy atom. The molecule has 0 spiro atoms. The Balaban J connectivity index is 1.47. The van der Waals surface area contributed by atoms with Gasteiger partial charge in [0.25, 0.3) is 5.91 Å². The maximum atomic E-state index is 13.1. The smallest absolute Gasteiger partial charge is 0.254 e. The van der Waals surface area contributed by atoms with E-state index in [9.17, 15) is 18.0 Å². The number of piperidine rings is 1. The molecule has 2 fully saturated rings. The second-order valence-corrected chi connectivity index (χ2v) is 11.6. The molecule has 172 valence electrons. The van der Waals surface area contributed by atoms with Crippen LogP contribution in [0.5, 0.6) is 0 Å². The molecular formula is C22H28N4O4S2. The van der Waals surface area contributed by atoms with Gasteiger partial charge in [0.1, 0.15) is 6.04 Å². The minimum atomic E-state index is -3.60. The van der Waals surface area contributed by atoms with Gasteiger partial charge < -0.3 is 10.2 Å². The minimum absolute atomic E-state index is 0.190. The summed E-state index contributed by atoms with van der Waals surface area (Å²) >= 11 is 1.32. The number of nitrogens with zero attached hydrogens (tertiary/aromatic N) is 3. The number of thiazole rings is 1. The molecule has 3 atom stereocenters. The molecule has 1 N–H and O–H groups in total. The van der Waals surface area contributed by atoms with Gasteiger partial charge in [-0.05, 0) is 55.4 Å². The molecule has 3 heterocycles. The summed E-state index contributed by atoms with van der Waals surface area (Å²) in [5, 5.41) is 5.04. The van der Waals surface area contributed by atoms with E-state index in [1.807, 2.05) is 0 Å². The zero-order valence-corrected chi connectivity index (χ0v) is 19.9. The highest BCUT2D eigenvalue weighted by Crippen LogP contribution is 2.27. The van der Waals surface area contributed by atoms with E-state index in [0.717, 1.165) is 12.8 Å². The Kier molecular flexibility index (Phi) is 6.64. The number of benzene rings is 1. The Morgan fingerprint density at radius 1 is 1.12 bits per heavy atom. The molecule has 2 saturated heterocycles. The summed E-state index contributed by atoms with van der Waals surface area (Å²) < 4.78 is 27.7. The van der Waals surface area contributed by atoms with E-state index in [1.54, 1.807) is 32.9 Å². The summed E-state index contributed by atoms with van der Waals surface area (Å²) in [6, 6.07) is 5.51. The van der Waals surface area contributed by atoms with Crippen molar-refractivity contribution >= 4 is 38.3 Å². The van der Waals surface area contributed by atoms with Crippen molar-refractivity contribution in [2.24, 2.45) is 11.8 Å². The fourth-order valence-corrected chi connectivity index (χ4v) is 6.85. The molecule has 32 heavy (non-hydrogen) atoms. The molecule has 2 aromatic rings. The van der Waals surface area contributed by atoms with E-state index in [-0.39, 0.29) is 16.7 Å². The number of amides is 2. The van der Waals surface area contributed by atoms with Gasteiger partial charge in [0, 0.05) is 36.8 Å². The highest BCUT2D eigenvalue weighted by molar-refractivity contribution is 7.89. The topological polar surface area (TPSA) is 99.7 Å². The van der Waals surface area contributed by atoms with Crippen LogP contribution in [0.3, 0.4) is 0 Å². The second kappa shape index (κ2) is 9.29. The normalized spacial score (nSPS) is 24.4. The number of hydrogen-bond donors (Lipinski definition) is 1. The van der Waals surface area contributed by atoms with Gasteiger partial charge in [-0.1, -0.05) is 13.8 Å². The Morgan fingerprint density at radius 3 is 2.44 bits per heavy atom. The van der Waals surface area contributed by atoms with Crippen LogP contribution in [0.25, 0.3) is 0 Å². The molecule has 0 saturated carbocycles. The third-order valence-corrected chi connectivity index (χ3v) is 8.59. The van der Waals surface area contributed by atoms with Crippen LogP contribution < -0.4 is 5.32 Å². The van der Waals surface area contributed by atoms with Crippen LogP contribution in [0.2, 0.25) is 0 Å². The highest BCUT2D eigenvalue weighted by Gasteiger charge is 2.35. The predicted octanol–water partition coefficient (Wildman–Crippen LogP) is 3.05. The van der Waals surface area contributed by atoms with Gasteiger partial charge in [-0.2, -0.15) is 4.31 Å². The number of carbonyl (C=O) groups excluding carboxylic acids is 2. The molecule has 2 amide bonds. The predicted molar refractivity (Wildman–Crippen MR) is 123 cm³/mol.